The molecule has 3 rings (SSSR count). The van der Waals surface area contributed by atoms with Gasteiger partial charge in [-0.2, -0.15) is 0 Å². The Hall–Kier alpha value is -1.11. The van der Waals surface area contributed by atoms with Crippen LogP contribution in [0.4, 0.5) is 0 Å². The van der Waals surface area contributed by atoms with E-state index >= 15 is 0 Å². The van der Waals surface area contributed by atoms with Gasteiger partial charge in [0.25, 0.3) is 0 Å². The Kier molecular flexibility index (Phi) is 2.55. The second-order valence-corrected chi connectivity index (χ2v) is 5.20. The van der Waals surface area contributed by atoms with Crippen molar-refractivity contribution in [2.24, 2.45) is 11.8 Å². The summed E-state index contributed by atoms with van der Waals surface area (Å²) in [6.45, 7) is 0. The average molecular weight is 214 g/mol. The molecule has 84 valence electrons. The summed E-state index contributed by atoms with van der Waals surface area (Å²) in [6, 6.07) is 0. The maximum Gasteiger partial charge on any atom is 0.133 e. The number of Topliss-reactive ketones (excluding diaryl/α,β-unsaturated/α-hetero) is 1. The van der Waals surface area contributed by atoms with Crippen LogP contribution in [0.5, 0.6) is 0 Å². The molecule has 1 nitrogen and oxygen atoms in total. The van der Waals surface area contributed by atoms with Gasteiger partial charge in [0.1, 0.15) is 5.78 Å². The van der Waals surface area contributed by atoms with Gasteiger partial charge in [0, 0.05) is 18.8 Å². The van der Waals surface area contributed by atoms with Crippen molar-refractivity contribution in [2.75, 3.05) is 0 Å². The third kappa shape index (κ3) is 1.68. The molecule has 0 aromatic carbocycles. The highest BCUT2D eigenvalue weighted by Crippen LogP contribution is 2.41. The monoisotopic (exact) mass is 214 g/mol. The molecule has 1 heteroatoms. The van der Waals surface area contributed by atoms with Crippen LogP contribution in [0.3, 0.4) is 0 Å². The molecule has 0 heterocycles. The first-order valence-corrected chi connectivity index (χ1v) is 6.44. The molecular weight excluding hydrogens is 196 g/mol. The smallest absolute Gasteiger partial charge is 0.133 e. The fraction of sp³-hybridized carbons (Fsp3) is 0.533. The number of carbonyl (C=O) groups excluding carboxylic acids is 1. The van der Waals surface area contributed by atoms with E-state index in [1.807, 2.05) is 0 Å². The van der Waals surface area contributed by atoms with Gasteiger partial charge in [-0.15, -0.1) is 0 Å². The summed E-state index contributed by atoms with van der Waals surface area (Å²) >= 11 is 0. The zero-order chi connectivity index (χ0) is 11.0. The van der Waals surface area contributed by atoms with Gasteiger partial charge in [-0.3, -0.25) is 4.79 Å². The van der Waals surface area contributed by atoms with Crippen molar-refractivity contribution in [3.05, 3.63) is 35.5 Å². The third-order valence-electron chi connectivity index (χ3n) is 4.21. The van der Waals surface area contributed by atoms with Crippen LogP contribution in [0.15, 0.2) is 35.5 Å². The molecule has 16 heavy (non-hydrogen) atoms. The van der Waals surface area contributed by atoms with Crippen molar-refractivity contribution >= 4 is 5.78 Å². The van der Waals surface area contributed by atoms with Crippen LogP contribution < -0.4 is 0 Å². The predicted molar refractivity (Wildman–Crippen MR) is 65.0 cm³/mol. The third-order valence-corrected chi connectivity index (χ3v) is 4.21. The van der Waals surface area contributed by atoms with E-state index in [0.717, 1.165) is 19.3 Å². The average Bonchev–Trinajstić information content (AvgIpc) is 2.47. The van der Waals surface area contributed by atoms with E-state index in [1.165, 1.54) is 24.8 Å². The van der Waals surface area contributed by atoms with Crippen LogP contribution in [0.1, 0.15) is 38.5 Å². The molecule has 2 atom stereocenters. The molecule has 0 spiro atoms. The molecular formula is C15H18O. The summed E-state index contributed by atoms with van der Waals surface area (Å²) in [5.74, 6) is 1.68. The van der Waals surface area contributed by atoms with Crippen LogP contribution in [-0.2, 0) is 4.79 Å². The lowest BCUT2D eigenvalue weighted by Gasteiger charge is -2.26. The van der Waals surface area contributed by atoms with Crippen LogP contribution in [0, 0.1) is 11.8 Å². The lowest BCUT2D eigenvalue weighted by Crippen LogP contribution is -2.18. The van der Waals surface area contributed by atoms with Crippen LogP contribution in [0.2, 0.25) is 0 Å². The van der Waals surface area contributed by atoms with E-state index in [4.69, 9.17) is 0 Å². The van der Waals surface area contributed by atoms with Crippen LogP contribution >= 0.6 is 0 Å². The van der Waals surface area contributed by atoms with Crippen molar-refractivity contribution in [2.45, 2.75) is 38.5 Å². The second kappa shape index (κ2) is 4.04. The van der Waals surface area contributed by atoms with Gasteiger partial charge < -0.3 is 0 Å². The van der Waals surface area contributed by atoms with E-state index in [-0.39, 0.29) is 0 Å². The van der Waals surface area contributed by atoms with Crippen molar-refractivity contribution in [1.29, 1.82) is 0 Å². The van der Waals surface area contributed by atoms with Crippen LogP contribution in [0.25, 0.3) is 0 Å². The van der Waals surface area contributed by atoms with E-state index in [0.29, 0.717) is 17.6 Å². The molecule has 0 bridgehead atoms. The summed E-state index contributed by atoms with van der Waals surface area (Å²) in [7, 11) is 0. The molecule has 2 unspecified atom stereocenters. The van der Waals surface area contributed by atoms with E-state index < -0.39 is 0 Å². The molecule has 0 radical (unpaired) electrons. The number of rotatable bonds is 0. The normalized spacial score (nSPS) is 33.4. The molecule has 1 fully saturated rings. The number of hydrogen-bond donors (Lipinski definition) is 0. The molecule has 3 aliphatic carbocycles. The van der Waals surface area contributed by atoms with Crippen molar-refractivity contribution < 1.29 is 4.79 Å². The number of ketones is 1. The van der Waals surface area contributed by atoms with Gasteiger partial charge in [-0.1, -0.05) is 36.3 Å². The summed E-state index contributed by atoms with van der Waals surface area (Å²) in [6.07, 6.45) is 15.3. The van der Waals surface area contributed by atoms with Crippen molar-refractivity contribution in [3.63, 3.8) is 0 Å². The topological polar surface area (TPSA) is 17.1 Å². The standard InChI is InChI=1S/C15H18O/c16-13-8-9-15-12(10-13)6-3-5-11-4-1-2-7-14(11)15/h1-2,4,7,11-12H,3,5-6,8-10H2. The van der Waals surface area contributed by atoms with E-state index in [9.17, 15) is 4.79 Å². The maximum atomic E-state index is 11.5. The quantitative estimate of drug-likeness (QED) is 0.602. The zero-order valence-electron chi connectivity index (χ0n) is 9.61. The summed E-state index contributed by atoms with van der Waals surface area (Å²) < 4.78 is 0. The lowest BCUT2D eigenvalue weighted by molar-refractivity contribution is -0.120. The summed E-state index contributed by atoms with van der Waals surface area (Å²) in [4.78, 5) is 11.5. The highest BCUT2D eigenvalue weighted by Gasteiger charge is 2.30. The molecule has 0 aliphatic heterocycles. The van der Waals surface area contributed by atoms with Gasteiger partial charge in [0.05, 0.1) is 0 Å². The fourth-order valence-electron chi connectivity index (χ4n) is 3.40. The molecule has 0 N–H and O–H groups in total. The largest absolute Gasteiger partial charge is 0.300 e. The maximum absolute atomic E-state index is 11.5. The minimum Gasteiger partial charge on any atom is -0.300 e. The predicted octanol–water partition coefficient (Wildman–Crippen LogP) is 3.58. The number of hydrogen-bond acceptors (Lipinski definition) is 1. The molecule has 0 aromatic heterocycles. The Balaban J connectivity index is 1.99. The highest BCUT2D eigenvalue weighted by molar-refractivity contribution is 5.80. The molecule has 0 aromatic rings. The number of allylic oxidation sites excluding steroid dienone is 6. The van der Waals surface area contributed by atoms with Gasteiger partial charge >= 0.3 is 0 Å². The lowest BCUT2D eigenvalue weighted by atomic mass is 9.78. The Morgan fingerprint density at radius 2 is 2.06 bits per heavy atom. The van der Waals surface area contributed by atoms with Gasteiger partial charge in [0.15, 0.2) is 0 Å². The van der Waals surface area contributed by atoms with Crippen LogP contribution in [-0.4, -0.2) is 5.78 Å². The SMILES string of the molecule is O=C1CCC2=C3C=CC=CC3CCCC2C1. The Morgan fingerprint density at radius 3 is 3.00 bits per heavy atom. The van der Waals surface area contributed by atoms with Crippen molar-refractivity contribution in [1.82, 2.24) is 0 Å². The highest BCUT2D eigenvalue weighted by atomic mass is 16.1. The second-order valence-electron chi connectivity index (χ2n) is 5.20. The molecule has 0 amide bonds. The first kappa shape index (κ1) is 10.1. The van der Waals surface area contributed by atoms with E-state index in [1.54, 1.807) is 5.57 Å². The Morgan fingerprint density at radius 1 is 1.12 bits per heavy atom. The Bertz CT molecular complexity index is 398. The first-order chi connectivity index (χ1) is 7.84. The minimum atomic E-state index is 0.475. The summed E-state index contributed by atoms with van der Waals surface area (Å²) in [5, 5.41) is 0. The fourth-order valence-corrected chi connectivity index (χ4v) is 3.40. The first-order valence-electron chi connectivity index (χ1n) is 6.44. The minimum absolute atomic E-state index is 0.475. The summed E-state index contributed by atoms with van der Waals surface area (Å²) in [5.41, 5.74) is 3.14. The van der Waals surface area contributed by atoms with Crippen molar-refractivity contribution in [3.8, 4) is 0 Å². The van der Waals surface area contributed by atoms with Gasteiger partial charge in [-0.05, 0) is 30.8 Å². The molecule has 3 aliphatic rings. The van der Waals surface area contributed by atoms with Gasteiger partial charge in [-0.25, -0.2) is 0 Å². The van der Waals surface area contributed by atoms with E-state index in [2.05, 4.69) is 24.3 Å². The Labute approximate surface area is 96.9 Å². The number of carbonyl (C=O) groups is 1. The van der Waals surface area contributed by atoms with Gasteiger partial charge in [0.2, 0.25) is 0 Å². The molecule has 0 saturated heterocycles. The number of fused-ring (bicyclic) bond motifs is 2. The molecule has 1 saturated carbocycles. The zero-order valence-corrected chi connectivity index (χ0v) is 9.61.